The third-order valence-electron chi connectivity index (χ3n) is 3.02. The van der Waals surface area contributed by atoms with E-state index in [9.17, 15) is 4.79 Å². The molecule has 1 unspecified atom stereocenters. The van der Waals surface area contributed by atoms with Gasteiger partial charge in [0, 0.05) is 24.3 Å². The quantitative estimate of drug-likeness (QED) is 0.723. The Bertz CT molecular complexity index is 225. The first-order valence-corrected chi connectivity index (χ1v) is 6.81. The average molecular weight is 231 g/mol. The van der Waals surface area contributed by atoms with Gasteiger partial charge in [-0.1, -0.05) is 13.8 Å². The van der Waals surface area contributed by atoms with Crippen molar-refractivity contribution >= 4 is 17.7 Å². The minimum atomic E-state index is 0.119. The summed E-state index contributed by atoms with van der Waals surface area (Å²) in [5.41, 5.74) is 0.188. The summed E-state index contributed by atoms with van der Waals surface area (Å²) in [4.78, 5) is 11.8. The molecule has 4 heteroatoms. The number of hydrogen-bond acceptors (Lipinski definition) is 3. The van der Waals surface area contributed by atoms with E-state index in [0.29, 0.717) is 6.42 Å². The Labute approximate surface area is 96.0 Å². The standard InChI is InChI=1S/C11H21NO2S/c1-11(2)6-9(11)10(14)12-8(4-5-13)7-15-3/h8-9,13H,4-7H2,1-3H3,(H,12,14)/t8?,9-/m1/s1. The highest BCUT2D eigenvalue weighted by Gasteiger charge is 2.50. The summed E-state index contributed by atoms with van der Waals surface area (Å²) in [7, 11) is 0. The van der Waals surface area contributed by atoms with Crippen molar-refractivity contribution < 1.29 is 9.90 Å². The maximum atomic E-state index is 11.8. The van der Waals surface area contributed by atoms with Crippen molar-refractivity contribution in [2.24, 2.45) is 11.3 Å². The van der Waals surface area contributed by atoms with Crippen molar-refractivity contribution in [2.75, 3.05) is 18.6 Å². The SMILES string of the molecule is CSCC(CCO)NC(=O)[C@H]1CC1(C)C. The second-order valence-electron chi connectivity index (χ2n) is 4.92. The second kappa shape index (κ2) is 5.21. The Morgan fingerprint density at radius 2 is 2.27 bits per heavy atom. The van der Waals surface area contributed by atoms with Gasteiger partial charge in [0.25, 0.3) is 0 Å². The van der Waals surface area contributed by atoms with Gasteiger partial charge in [0.05, 0.1) is 0 Å². The number of hydrogen-bond donors (Lipinski definition) is 2. The van der Waals surface area contributed by atoms with Crippen LogP contribution in [0, 0.1) is 11.3 Å². The highest BCUT2D eigenvalue weighted by molar-refractivity contribution is 7.98. The van der Waals surface area contributed by atoms with E-state index in [1.165, 1.54) is 0 Å². The summed E-state index contributed by atoms with van der Waals surface area (Å²) < 4.78 is 0. The smallest absolute Gasteiger partial charge is 0.223 e. The molecule has 2 atom stereocenters. The second-order valence-corrected chi connectivity index (χ2v) is 5.83. The molecule has 0 saturated heterocycles. The number of thioether (sulfide) groups is 1. The molecule has 0 bridgehead atoms. The maximum absolute atomic E-state index is 11.8. The number of aliphatic hydroxyl groups is 1. The van der Waals surface area contributed by atoms with Gasteiger partial charge >= 0.3 is 0 Å². The maximum Gasteiger partial charge on any atom is 0.223 e. The number of carbonyl (C=O) groups is 1. The highest BCUT2D eigenvalue weighted by Crippen LogP contribution is 2.51. The minimum Gasteiger partial charge on any atom is -0.396 e. The summed E-state index contributed by atoms with van der Waals surface area (Å²) in [6, 6.07) is 0.119. The number of carbonyl (C=O) groups excluding carboxylic acids is 1. The topological polar surface area (TPSA) is 49.3 Å². The molecule has 1 aliphatic rings. The van der Waals surface area contributed by atoms with Crippen LogP contribution < -0.4 is 5.32 Å². The predicted molar refractivity (Wildman–Crippen MR) is 63.9 cm³/mol. The van der Waals surface area contributed by atoms with Gasteiger partial charge < -0.3 is 10.4 Å². The first-order chi connectivity index (χ1) is 7.01. The van der Waals surface area contributed by atoms with Gasteiger partial charge in [-0.25, -0.2) is 0 Å². The van der Waals surface area contributed by atoms with E-state index in [0.717, 1.165) is 12.2 Å². The van der Waals surface area contributed by atoms with E-state index in [4.69, 9.17) is 5.11 Å². The molecule has 0 radical (unpaired) electrons. The largest absolute Gasteiger partial charge is 0.396 e. The van der Waals surface area contributed by atoms with E-state index in [1.807, 2.05) is 6.26 Å². The molecule has 0 aliphatic heterocycles. The van der Waals surface area contributed by atoms with Gasteiger partial charge in [0.1, 0.15) is 0 Å². The Hall–Kier alpha value is -0.220. The van der Waals surface area contributed by atoms with Gasteiger partial charge in [-0.2, -0.15) is 11.8 Å². The van der Waals surface area contributed by atoms with Crippen LogP contribution in [0.2, 0.25) is 0 Å². The van der Waals surface area contributed by atoms with Crippen molar-refractivity contribution in [2.45, 2.75) is 32.7 Å². The number of amides is 1. The molecule has 0 aromatic carbocycles. The molecule has 2 N–H and O–H groups in total. The van der Waals surface area contributed by atoms with Gasteiger partial charge in [-0.15, -0.1) is 0 Å². The van der Waals surface area contributed by atoms with E-state index < -0.39 is 0 Å². The normalized spacial score (nSPS) is 24.7. The van der Waals surface area contributed by atoms with Crippen LogP contribution in [-0.4, -0.2) is 35.7 Å². The molecular formula is C11H21NO2S. The molecule has 0 aromatic heterocycles. The number of nitrogens with one attached hydrogen (secondary N) is 1. The van der Waals surface area contributed by atoms with Gasteiger partial charge in [-0.3, -0.25) is 4.79 Å². The third-order valence-corrected chi connectivity index (χ3v) is 3.76. The fraction of sp³-hybridized carbons (Fsp3) is 0.909. The fourth-order valence-corrected chi connectivity index (χ4v) is 2.42. The zero-order valence-corrected chi connectivity index (χ0v) is 10.6. The first-order valence-electron chi connectivity index (χ1n) is 5.41. The Morgan fingerprint density at radius 1 is 1.67 bits per heavy atom. The molecule has 0 heterocycles. The van der Waals surface area contributed by atoms with Crippen LogP contribution >= 0.6 is 11.8 Å². The van der Waals surface area contributed by atoms with Crippen molar-refractivity contribution in [3.63, 3.8) is 0 Å². The van der Waals surface area contributed by atoms with Crippen LogP contribution in [0.1, 0.15) is 26.7 Å². The lowest BCUT2D eigenvalue weighted by Gasteiger charge is -2.17. The van der Waals surface area contributed by atoms with Crippen molar-refractivity contribution in [1.82, 2.24) is 5.32 Å². The first kappa shape index (κ1) is 12.8. The van der Waals surface area contributed by atoms with Crippen LogP contribution in [0.4, 0.5) is 0 Å². The number of aliphatic hydroxyl groups excluding tert-OH is 1. The fourth-order valence-electron chi connectivity index (χ4n) is 1.77. The van der Waals surface area contributed by atoms with E-state index in [2.05, 4.69) is 19.2 Å². The van der Waals surface area contributed by atoms with Crippen LogP contribution in [0.15, 0.2) is 0 Å². The predicted octanol–water partition coefficient (Wildman–Crippen LogP) is 1.26. The summed E-state index contributed by atoms with van der Waals surface area (Å²) in [5, 5.41) is 11.9. The average Bonchev–Trinajstić information content (AvgIpc) is 2.76. The van der Waals surface area contributed by atoms with Gasteiger partial charge in [0.2, 0.25) is 5.91 Å². The lowest BCUT2D eigenvalue weighted by molar-refractivity contribution is -0.123. The molecule has 0 spiro atoms. The molecule has 1 saturated carbocycles. The molecule has 15 heavy (non-hydrogen) atoms. The lowest BCUT2D eigenvalue weighted by Crippen LogP contribution is -2.38. The molecule has 1 fully saturated rings. The van der Waals surface area contributed by atoms with Gasteiger partial charge in [0.15, 0.2) is 0 Å². The van der Waals surface area contributed by atoms with Crippen molar-refractivity contribution in [3.8, 4) is 0 Å². The molecule has 1 amide bonds. The molecule has 1 rings (SSSR count). The van der Waals surface area contributed by atoms with Crippen molar-refractivity contribution in [3.05, 3.63) is 0 Å². The molecule has 1 aliphatic carbocycles. The number of rotatable bonds is 6. The summed E-state index contributed by atoms with van der Waals surface area (Å²) in [6.07, 6.45) is 3.65. The van der Waals surface area contributed by atoms with E-state index in [-0.39, 0.29) is 29.9 Å². The van der Waals surface area contributed by atoms with Crippen LogP contribution in [0.25, 0.3) is 0 Å². The summed E-state index contributed by atoms with van der Waals surface area (Å²) in [6.45, 7) is 4.37. The van der Waals surface area contributed by atoms with Crippen LogP contribution in [0.5, 0.6) is 0 Å². The molecular weight excluding hydrogens is 210 g/mol. The Balaban J connectivity index is 2.34. The summed E-state index contributed by atoms with van der Waals surface area (Å²) >= 11 is 1.70. The van der Waals surface area contributed by atoms with E-state index in [1.54, 1.807) is 11.8 Å². The van der Waals surface area contributed by atoms with E-state index >= 15 is 0 Å². The molecule has 88 valence electrons. The zero-order valence-electron chi connectivity index (χ0n) is 9.75. The Morgan fingerprint density at radius 3 is 2.67 bits per heavy atom. The highest BCUT2D eigenvalue weighted by atomic mass is 32.2. The van der Waals surface area contributed by atoms with Crippen molar-refractivity contribution in [1.29, 1.82) is 0 Å². The molecule has 3 nitrogen and oxygen atoms in total. The lowest BCUT2D eigenvalue weighted by atomic mass is 10.1. The Kier molecular flexibility index (Phi) is 4.46. The minimum absolute atomic E-state index is 0.119. The summed E-state index contributed by atoms with van der Waals surface area (Å²) in [5.74, 6) is 1.22. The molecule has 0 aromatic rings. The third kappa shape index (κ3) is 3.68. The monoisotopic (exact) mass is 231 g/mol. The van der Waals surface area contributed by atoms with Gasteiger partial charge in [-0.05, 0) is 24.5 Å². The van der Waals surface area contributed by atoms with Crippen LogP contribution in [-0.2, 0) is 4.79 Å². The zero-order chi connectivity index (χ0) is 11.5. The van der Waals surface area contributed by atoms with Crippen LogP contribution in [0.3, 0.4) is 0 Å².